The Bertz CT molecular complexity index is 597. The number of phenols is 1. The second kappa shape index (κ2) is 7.52. The van der Waals surface area contributed by atoms with Crippen molar-refractivity contribution in [1.82, 2.24) is 10.2 Å². The predicted octanol–water partition coefficient (Wildman–Crippen LogP) is 2.43. The maximum absolute atomic E-state index is 12.4. The van der Waals surface area contributed by atoms with Crippen LogP contribution in [0.5, 0.6) is 5.75 Å². The van der Waals surface area contributed by atoms with Gasteiger partial charge in [-0.05, 0) is 44.7 Å². The molecule has 0 aliphatic carbocycles. The third kappa shape index (κ3) is 4.78. The van der Waals surface area contributed by atoms with E-state index in [2.05, 4.69) is 24.1 Å². The number of nitrogens with one attached hydrogen (secondary N) is 1. The highest BCUT2D eigenvalue weighted by Crippen LogP contribution is 2.28. The maximum Gasteiger partial charge on any atom is 0.317 e. The Morgan fingerprint density at radius 2 is 2.08 bits per heavy atom. The number of urea groups is 1. The first-order chi connectivity index (χ1) is 11.9. The van der Waals surface area contributed by atoms with Crippen LogP contribution in [-0.4, -0.2) is 61.0 Å². The van der Waals surface area contributed by atoms with Gasteiger partial charge in [0.25, 0.3) is 0 Å². The van der Waals surface area contributed by atoms with Gasteiger partial charge >= 0.3 is 6.03 Å². The molecule has 2 fully saturated rings. The number of ether oxygens (including phenoxy) is 1. The summed E-state index contributed by atoms with van der Waals surface area (Å²) in [7, 11) is 0. The van der Waals surface area contributed by atoms with E-state index in [0.717, 1.165) is 44.8 Å². The van der Waals surface area contributed by atoms with Crippen LogP contribution in [0.15, 0.2) is 24.3 Å². The van der Waals surface area contributed by atoms with Gasteiger partial charge in [0.1, 0.15) is 5.75 Å². The molecule has 1 atom stereocenters. The van der Waals surface area contributed by atoms with Crippen LogP contribution in [0.25, 0.3) is 0 Å². The fraction of sp³-hybridized carbons (Fsp3) is 0.632. The Morgan fingerprint density at radius 1 is 1.32 bits per heavy atom. The lowest BCUT2D eigenvalue weighted by atomic mass is 9.88. The monoisotopic (exact) mass is 347 g/mol. The van der Waals surface area contributed by atoms with E-state index in [-0.39, 0.29) is 17.4 Å². The summed E-state index contributed by atoms with van der Waals surface area (Å²) in [4.78, 5) is 16.5. The number of benzene rings is 1. The highest BCUT2D eigenvalue weighted by atomic mass is 16.5. The standard InChI is InChI=1S/C19H29N3O3/c1-19(2)13-15(6-11-25-19)14-20-18(24)22-9-7-21(8-10-22)16-4-3-5-17(23)12-16/h3-5,12,15,23H,6-11,13-14H2,1-2H3,(H,20,24). The van der Waals surface area contributed by atoms with Gasteiger partial charge < -0.3 is 25.0 Å². The number of carbonyl (C=O) groups is 1. The molecule has 2 aliphatic rings. The number of amides is 2. The second-order valence-corrected chi connectivity index (χ2v) is 7.65. The molecule has 6 heteroatoms. The molecule has 1 unspecified atom stereocenters. The average Bonchev–Trinajstić information content (AvgIpc) is 2.59. The molecular formula is C19H29N3O3. The summed E-state index contributed by atoms with van der Waals surface area (Å²) in [6, 6.07) is 7.30. The van der Waals surface area contributed by atoms with Gasteiger partial charge in [-0.2, -0.15) is 0 Å². The van der Waals surface area contributed by atoms with Crippen LogP contribution in [0.3, 0.4) is 0 Å². The molecule has 1 aromatic rings. The van der Waals surface area contributed by atoms with Gasteiger partial charge in [0.05, 0.1) is 5.60 Å². The minimum absolute atomic E-state index is 0.0276. The quantitative estimate of drug-likeness (QED) is 0.881. The summed E-state index contributed by atoms with van der Waals surface area (Å²) in [6.07, 6.45) is 1.99. The zero-order valence-electron chi connectivity index (χ0n) is 15.2. The van der Waals surface area contributed by atoms with Crippen LogP contribution in [0.1, 0.15) is 26.7 Å². The summed E-state index contributed by atoms with van der Waals surface area (Å²) >= 11 is 0. The predicted molar refractivity (Wildman–Crippen MR) is 98.0 cm³/mol. The van der Waals surface area contributed by atoms with Gasteiger partial charge in [-0.15, -0.1) is 0 Å². The van der Waals surface area contributed by atoms with Crippen LogP contribution in [-0.2, 0) is 4.74 Å². The molecule has 2 heterocycles. The number of phenolic OH excluding ortho intramolecular Hbond substituents is 1. The lowest BCUT2D eigenvalue weighted by Gasteiger charge is -2.37. The van der Waals surface area contributed by atoms with E-state index in [1.807, 2.05) is 17.0 Å². The Morgan fingerprint density at radius 3 is 2.76 bits per heavy atom. The van der Waals surface area contributed by atoms with Crippen molar-refractivity contribution >= 4 is 11.7 Å². The van der Waals surface area contributed by atoms with Gasteiger partial charge in [0.2, 0.25) is 0 Å². The first kappa shape index (κ1) is 17.9. The number of piperazine rings is 1. The van der Waals surface area contributed by atoms with E-state index in [1.54, 1.807) is 12.1 Å². The van der Waals surface area contributed by atoms with E-state index < -0.39 is 0 Å². The largest absolute Gasteiger partial charge is 0.508 e. The Kier molecular flexibility index (Phi) is 5.37. The minimum atomic E-state index is -0.0828. The molecule has 2 amide bonds. The van der Waals surface area contributed by atoms with E-state index in [9.17, 15) is 9.90 Å². The molecule has 3 rings (SSSR count). The molecular weight excluding hydrogens is 318 g/mol. The number of anilines is 1. The topological polar surface area (TPSA) is 65.0 Å². The highest BCUT2D eigenvalue weighted by Gasteiger charge is 2.29. The molecule has 0 aromatic heterocycles. The third-order valence-electron chi connectivity index (χ3n) is 5.10. The van der Waals surface area contributed by atoms with Gasteiger partial charge in [-0.1, -0.05) is 6.07 Å². The molecule has 0 bridgehead atoms. The molecule has 1 aromatic carbocycles. The molecule has 0 radical (unpaired) electrons. The smallest absolute Gasteiger partial charge is 0.317 e. The molecule has 2 saturated heterocycles. The molecule has 2 aliphatic heterocycles. The number of aromatic hydroxyl groups is 1. The van der Waals surface area contributed by atoms with E-state index in [4.69, 9.17) is 4.74 Å². The normalized spacial score (nSPS) is 23.4. The number of hydrogen-bond donors (Lipinski definition) is 2. The fourth-order valence-corrected chi connectivity index (χ4v) is 3.73. The maximum atomic E-state index is 12.4. The molecule has 0 spiro atoms. The summed E-state index contributed by atoms with van der Waals surface area (Å²) in [5, 5.41) is 12.7. The highest BCUT2D eigenvalue weighted by molar-refractivity contribution is 5.74. The summed E-state index contributed by atoms with van der Waals surface area (Å²) in [6.45, 7) is 8.67. The van der Waals surface area contributed by atoms with Crippen LogP contribution < -0.4 is 10.2 Å². The van der Waals surface area contributed by atoms with Gasteiger partial charge in [-0.25, -0.2) is 4.79 Å². The third-order valence-corrected chi connectivity index (χ3v) is 5.10. The summed E-state index contributed by atoms with van der Waals surface area (Å²) < 4.78 is 5.73. The van der Waals surface area contributed by atoms with E-state index in [1.165, 1.54) is 0 Å². The Labute approximate surface area is 149 Å². The zero-order chi connectivity index (χ0) is 17.9. The van der Waals surface area contributed by atoms with Crippen LogP contribution in [0, 0.1) is 5.92 Å². The lowest BCUT2D eigenvalue weighted by molar-refractivity contribution is -0.0715. The molecule has 6 nitrogen and oxygen atoms in total. The van der Waals surface area contributed by atoms with Crippen molar-refractivity contribution in [1.29, 1.82) is 0 Å². The van der Waals surface area contributed by atoms with E-state index in [0.29, 0.717) is 19.0 Å². The second-order valence-electron chi connectivity index (χ2n) is 7.65. The van der Waals surface area contributed by atoms with Gasteiger partial charge in [0, 0.05) is 51.1 Å². The number of nitrogens with zero attached hydrogens (tertiary/aromatic N) is 2. The van der Waals surface area contributed by atoms with Crippen LogP contribution >= 0.6 is 0 Å². The van der Waals surface area contributed by atoms with Crippen molar-refractivity contribution in [2.45, 2.75) is 32.3 Å². The fourth-order valence-electron chi connectivity index (χ4n) is 3.73. The SMILES string of the molecule is CC1(C)CC(CNC(=O)N2CCN(c3cccc(O)c3)CC2)CCO1. The van der Waals surface area contributed by atoms with Crippen molar-refractivity contribution in [3.8, 4) is 5.75 Å². The minimum Gasteiger partial charge on any atom is -0.508 e. The Hall–Kier alpha value is -1.95. The first-order valence-corrected chi connectivity index (χ1v) is 9.14. The number of carbonyl (C=O) groups excluding carboxylic acids is 1. The van der Waals surface area contributed by atoms with Crippen molar-refractivity contribution < 1.29 is 14.6 Å². The molecule has 0 saturated carbocycles. The number of rotatable bonds is 3. The van der Waals surface area contributed by atoms with E-state index >= 15 is 0 Å². The van der Waals surface area contributed by atoms with Crippen LogP contribution in [0.2, 0.25) is 0 Å². The average molecular weight is 347 g/mol. The van der Waals surface area contributed by atoms with Crippen LogP contribution in [0.4, 0.5) is 10.5 Å². The Balaban J connectivity index is 1.44. The van der Waals surface area contributed by atoms with Crippen molar-refractivity contribution in [3.05, 3.63) is 24.3 Å². The summed E-state index contributed by atoms with van der Waals surface area (Å²) in [5.74, 6) is 0.762. The number of hydrogen-bond acceptors (Lipinski definition) is 4. The lowest BCUT2D eigenvalue weighted by Crippen LogP contribution is -2.52. The molecule has 138 valence electrons. The molecule has 25 heavy (non-hydrogen) atoms. The summed E-state index contributed by atoms with van der Waals surface area (Å²) in [5.41, 5.74) is 0.921. The van der Waals surface area contributed by atoms with Crippen molar-refractivity contribution in [3.63, 3.8) is 0 Å². The van der Waals surface area contributed by atoms with Crippen molar-refractivity contribution in [2.24, 2.45) is 5.92 Å². The first-order valence-electron chi connectivity index (χ1n) is 9.14. The molecule has 2 N–H and O–H groups in total. The zero-order valence-corrected chi connectivity index (χ0v) is 15.2. The van der Waals surface area contributed by atoms with Gasteiger partial charge in [-0.3, -0.25) is 0 Å². The van der Waals surface area contributed by atoms with Crippen molar-refractivity contribution in [2.75, 3.05) is 44.2 Å². The van der Waals surface area contributed by atoms with Gasteiger partial charge in [0.15, 0.2) is 0 Å².